The molecule has 0 aliphatic heterocycles. The first-order chi connectivity index (χ1) is 10.8. The van der Waals surface area contributed by atoms with E-state index in [4.69, 9.17) is 5.73 Å². The highest BCUT2D eigenvalue weighted by Gasteiger charge is 2.32. The molecule has 1 aromatic rings. The zero-order chi connectivity index (χ0) is 17.3. The number of para-hydroxylation sites is 2. The van der Waals surface area contributed by atoms with Crippen LogP contribution in [0.15, 0.2) is 29.3 Å². The minimum absolute atomic E-state index is 0.0405. The van der Waals surface area contributed by atoms with E-state index in [1.807, 2.05) is 0 Å². The fraction of sp³-hybridized carbons (Fsp3) is 0.429. The second-order valence-corrected chi connectivity index (χ2v) is 4.47. The van der Waals surface area contributed by atoms with Crippen molar-refractivity contribution >= 4 is 17.6 Å². The maximum absolute atomic E-state index is 12.3. The summed E-state index contributed by atoms with van der Waals surface area (Å²) in [7, 11) is 1.31. The van der Waals surface area contributed by atoms with Crippen LogP contribution in [-0.4, -0.2) is 31.9 Å². The largest absolute Gasteiger partial charge is 0.573 e. The SMILES string of the molecule is COC(=O)CCCCN=C(N)Nc1ccccc1OC(F)(F)F. The molecule has 0 saturated carbocycles. The number of carbonyl (C=O) groups is 1. The summed E-state index contributed by atoms with van der Waals surface area (Å²) in [5, 5.41) is 2.56. The Kier molecular flexibility index (Phi) is 7.17. The highest BCUT2D eigenvalue weighted by atomic mass is 19.4. The Labute approximate surface area is 131 Å². The van der Waals surface area contributed by atoms with Gasteiger partial charge in [0.2, 0.25) is 0 Å². The Hall–Kier alpha value is -2.45. The summed E-state index contributed by atoms with van der Waals surface area (Å²) in [6.07, 6.45) is -3.34. The number of carbonyl (C=O) groups excluding carboxylic acids is 1. The van der Waals surface area contributed by atoms with Gasteiger partial charge in [-0.2, -0.15) is 0 Å². The van der Waals surface area contributed by atoms with Crippen molar-refractivity contribution in [3.63, 3.8) is 0 Å². The van der Waals surface area contributed by atoms with Crippen molar-refractivity contribution in [3.05, 3.63) is 24.3 Å². The van der Waals surface area contributed by atoms with Gasteiger partial charge in [-0.15, -0.1) is 13.2 Å². The maximum atomic E-state index is 12.3. The molecule has 0 aliphatic rings. The van der Waals surface area contributed by atoms with E-state index < -0.39 is 12.1 Å². The van der Waals surface area contributed by atoms with Gasteiger partial charge in [0, 0.05) is 13.0 Å². The lowest BCUT2D eigenvalue weighted by Crippen LogP contribution is -2.24. The molecule has 0 atom stereocenters. The normalized spacial score (nSPS) is 11.9. The molecule has 0 aromatic heterocycles. The van der Waals surface area contributed by atoms with Gasteiger partial charge < -0.3 is 20.5 Å². The Balaban J connectivity index is 2.52. The number of guanidine groups is 1. The molecule has 0 aliphatic carbocycles. The summed E-state index contributed by atoms with van der Waals surface area (Å²) in [5.41, 5.74) is 5.67. The Morgan fingerprint density at radius 2 is 2.00 bits per heavy atom. The first-order valence-electron chi connectivity index (χ1n) is 6.80. The topological polar surface area (TPSA) is 85.9 Å². The predicted molar refractivity (Wildman–Crippen MR) is 79.1 cm³/mol. The van der Waals surface area contributed by atoms with Gasteiger partial charge in [0.05, 0.1) is 12.8 Å². The number of aliphatic imine (C=N–C) groups is 1. The average molecular weight is 333 g/mol. The van der Waals surface area contributed by atoms with Gasteiger partial charge in [-0.05, 0) is 25.0 Å². The van der Waals surface area contributed by atoms with Crippen molar-refractivity contribution in [3.8, 4) is 5.75 Å². The fourth-order valence-electron chi connectivity index (χ4n) is 1.64. The first-order valence-corrected chi connectivity index (χ1v) is 6.80. The summed E-state index contributed by atoms with van der Waals surface area (Å²) in [5.74, 6) is -0.747. The van der Waals surface area contributed by atoms with Gasteiger partial charge in [-0.3, -0.25) is 9.79 Å². The first kappa shape index (κ1) is 18.6. The molecular formula is C14H18F3N3O3. The maximum Gasteiger partial charge on any atom is 0.573 e. The number of nitrogens with two attached hydrogens (primary N) is 1. The van der Waals surface area contributed by atoms with E-state index >= 15 is 0 Å². The van der Waals surface area contributed by atoms with Crippen molar-refractivity contribution in [2.75, 3.05) is 19.0 Å². The van der Waals surface area contributed by atoms with Crippen LogP contribution in [-0.2, 0) is 9.53 Å². The van der Waals surface area contributed by atoms with E-state index in [-0.39, 0.29) is 24.0 Å². The van der Waals surface area contributed by atoms with Crippen molar-refractivity contribution in [2.24, 2.45) is 10.7 Å². The number of hydrogen-bond donors (Lipinski definition) is 2. The summed E-state index contributed by atoms with van der Waals surface area (Å²) in [6, 6.07) is 5.50. The lowest BCUT2D eigenvalue weighted by Gasteiger charge is -2.14. The quantitative estimate of drug-likeness (QED) is 0.347. The molecule has 128 valence electrons. The monoisotopic (exact) mass is 333 g/mol. The number of hydrogen-bond acceptors (Lipinski definition) is 4. The van der Waals surface area contributed by atoms with Crippen LogP contribution in [0.3, 0.4) is 0 Å². The third-order valence-electron chi connectivity index (χ3n) is 2.67. The number of methoxy groups -OCH3 is 1. The van der Waals surface area contributed by atoms with Crippen LogP contribution in [0.1, 0.15) is 19.3 Å². The molecule has 1 aromatic carbocycles. The van der Waals surface area contributed by atoms with Gasteiger partial charge in [-0.1, -0.05) is 12.1 Å². The van der Waals surface area contributed by atoms with Crippen LogP contribution >= 0.6 is 0 Å². The lowest BCUT2D eigenvalue weighted by atomic mass is 10.2. The number of esters is 1. The summed E-state index contributed by atoms with van der Waals surface area (Å²) < 4.78 is 45.3. The number of nitrogens with zero attached hydrogens (tertiary/aromatic N) is 1. The van der Waals surface area contributed by atoms with E-state index in [1.54, 1.807) is 0 Å². The van der Waals surface area contributed by atoms with E-state index in [1.165, 1.54) is 31.4 Å². The Morgan fingerprint density at radius 3 is 2.65 bits per heavy atom. The Morgan fingerprint density at radius 1 is 1.30 bits per heavy atom. The highest BCUT2D eigenvalue weighted by Crippen LogP contribution is 2.29. The van der Waals surface area contributed by atoms with Crippen molar-refractivity contribution in [1.29, 1.82) is 0 Å². The van der Waals surface area contributed by atoms with E-state index in [0.717, 1.165) is 0 Å². The molecule has 9 heteroatoms. The van der Waals surface area contributed by atoms with Crippen LogP contribution in [0.4, 0.5) is 18.9 Å². The average Bonchev–Trinajstić information content (AvgIpc) is 2.47. The number of alkyl halides is 3. The molecule has 3 N–H and O–H groups in total. The third kappa shape index (κ3) is 7.93. The molecule has 1 rings (SSSR count). The molecule has 0 unspecified atom stereocenters. The van der Waals surface area contributed by atoms with Crippen LogP contribution in [0.2, 0.25) is 0 Å². The van der Waals surface area contributed by atoms with E-state index in [9.17, 15) is 18.0 Å². The number of benzene rings is 1. The van der Waals surface area contributed by atoms with Gasteiger partial charge in [0.1, 0.15) is 0 Å². The molecular weight excluding hydrogens is 315 g/mol. The minimum atomic E-state index is -4.79. The second-order valence-electron chi connectivity index (χ2n) is 4.47. The predicted octanol–water partition coefficient (Wildman–Crippen LogP) is 2.66. The molecule has 6 nitrogen and oxygen atoms in total. The van der Waals surface area contributed by atoms with Gasteiger partial charge >= 0.3 is 12.3 Å². The smallest absolute Gasteiger partial charge is 0.469 e. The zero-order valence-corrected chi connectivity index (χ0v) is 12.5. The number of ether oxygens (including phenoxy) is 2. The fourth-order valence-corrected chi connectivity index (χ4v) is 1.64. The summed E-state index contributed by atoms with van der Waals surface area (Å²) >= 11 is 0. The third-order valence-corrected chi connectivity index (χ3v) is 2.67. The molecule has 0 spiro atoms. The van der Waals surface area contributed by atoms with Crippen molar-refractivity contribution in [1.82, 2.24) is 0 Å². The number of unbranched alkanes of at least 4 members (excludes halogenated alkanes) is 1. The van der Waals surface area contributed by atoms with Crippen LogP contribution < -0.4 is 15.8 Å². The molecule has 0 bridgehead atoms. The van der Waals surface area contributed by atoms with Crippen molar-refractivity contribution in [2.45, 2.75) is 25.6 Å². The van der Waals surface area contributed by atoms with Crippen LogP contribution in [0, 0.1) is 0 Å². The lowest BCUT2D eigenvalue weighted by molar-refractivity contribution is -0.274. The standard InChI is InChI=1S/C14H18F3N3O3/c1-22-12(21)8-4-5-9-19-13(18)20-10-6-2-3-7-11(10)23-14(15,16)17/h2-3,6-7H,4-5,8-9H2,1H3,(H3,18,19,20). The minimum Gasteiger partial charge on any atom is -0.469 e. The van der Waals surface area contributed by atoms with Gasteiger partial charge in [-0.25, -0.2) is 0 Å². The summed E-state index contributed by atoms with van der Waals surface area (Å²) in [6.45, 7) is 0.331. The number of halogens is 3. The van der Waals surface area contributed by atoms with Gasteiger partial charge in [0.15, 0.2) is 11.7 Å². The van der Waals surface area contributed by atoms with Gasteiger partial charge in [0.25, 0.3) is 0 Å². The molecule has 0 radical (unpaired) electrons. The molecule has 0 fully saturated rings. The molecule has 0 heterocycles. The van der Waals surface area contributed by atoms with E-state index in [2.05, 4.69) is 19.8 Å². The second kappa shape index (κ2) is 8.86. The Bertz CT molecular complexity index is 548. The number of rotatable bonds is 7. The highest BCUT2D eigenvalue weighted by molar-refractivity contribution is 5.93. The summed E-state index contributed by atoms with van der Waals surface area (Å²) in [4.78, 5) is 14.9. The zero-order valence-electron chi connectivity index (χ0n) is 12.5. The molecule has 0 saturated heterocycles. The molecule has 0 amide bonds. The van der Waals surface area contributed by atoms with Crippen LogP contribution in [0.25, 0.3) is 0 Å². The molecule has 23 heavy (non-hydrogen) atoms. The number of anilines is 1. The van der Waals surface area contributed by atoms with Crippen molar-refractivity contribution < 1.29 is 27.4 Å². The van der Waals surface area contributed by atoms with Crippen LogP contribution in [0.5, 0.6) is 5.75 Å². The number of nitrogens with one attached hydrogen (secondary N) is 1. The van der Waals surface area contributed by atoms with E-state index in [0.29, 0.717) is 19.4 Å².